The molecule has 0 saturated heterocycles. The highest BCUT2D eigenvalue weighted by Gasteiger charge is 2.36. The maximum atomic E-state index is 13.2. The molecule has 3 heterocycles. The SMILES string of the molecule is CC(C)[C@@H]1c2cc3cc(CO)c(C[SH](=O)=O)cc3n2CCN1c1nccc(C(F)(F)F)n1. The van der Waals surface area contributed by atoms with Gasteiger partial charge in [0, 0.05) is 35.9 Å². The first-order chi connectivity index (χ1) is 15.1. The molecule has 3 aromatic rings. The van der Waals surface area contributed by atoms with Gasteiger partial charge in [-0.05, 0) is 41.3 Å². The van der Waals surface area contributed by atoms with Gasteiger partial charge < -0.3 is 14.6 Å². The Bertz CT molecular complexity index is 1230. The lowest BCUT2D eigenvalue weighted by Gasteiger charge is -2.39. The first-order valence-electron chi connectivity index (χ1n) is 10.1. The topological polar surface area (TPSA) is 88.3 Å². The Morgan fingerprint density at radius 3 is 2.56 bits per heavy atom. The van der Waals surface area contributed by atoms with Crippen LogP contribution in [0.3, 0.4) is 0 Å². The minimum Gasteiger partial charge on any atom is -0.392 e. The van der Waals surface area contributed by atoms with Crippen LogP contribution in [0.15, 0.2) is 30.5 Å². The van der Waals surface area contributed by atoms with Crippen LogP contribution in [0, 0.1) is 5.92 Å². The summed E-state index contributed by atoms with van der Waals surface area (Å²) in [5, 5.41) is 10.5. The van der Waals surface area contributed by atoms with E-state index in [-0.39, 0.29) is 30.3 Å². The number of nitrogens with zero attached hydrogens (tertiary/aromatic N) is 4. The Balaban J connectivity index is 1.83. The van der Waals surface area contributed by atoms with Crippen molar-refractivity contribution in [2.45, 2.75) is 45.0 Å². The smallest absolute Gasteiger partial charge is 0.392 e. The van der Waals surface area contributed by atoms with Crippen LogP contribution in [-0.2, 0) is 35.8 Å². The molecule has 32 heavy (non-hydrogen) atoms. The summed E-state index contributed by atoms with van der Waals surface area (Å²) in [4.78, 5) is 9.69. The van der Waals surface area contributed by atoms with Crippen LogP contribution in [0.1, 0.15) is 42.4 Å². The molecule has 0 saturated carbocycles. The van der Waals surface area contributed by atoms with Gasteiger partial charge in [-0.1, -0.05) is 13.8 Å². The lowest BCUT2D eigenvalue weighted by Crippen LogP contribution is -2.41. The van der Waals surface area contributed by atoms with E-state index in [9.17, 15) is 26.7 Å². The highest BCUT2D eigenvalue weighted by molar-refractivity contribution is 7.71. The molecule has 0 amide bonds. The number of hydrogen-bond donors (Lipinski definition) is 2. The maximum absolute atomic E-state index is 13.2. The Hall–Kier alpha value is -2.66. The van der Waals surface area contributed by atoms with Gasteiger partial charge in [0.15, 0.2) is 0 Å². The lowest BCUT2D eigenvalue weighted by atomic mass is 9.97. The van der Waals surface area contributed by atoms with Crippen LogP contribution in [0.25, 0.3) is 10.9 Å². The van der Waals surface area contributed by atoms with E-state index in [0.29, 0.717) is 24.2 Å². The van der Waals surface area contributed by atoms with Crippen molar-refractivity contribution < 1.29 is 26.7 Å². The van der Waals surface area contributed by atoms with E-state index in [2.05, 4.69) is 14.5 Å². The van der Waals surface area contributed by atoms with Crippen molar-refractivity contribution in [3.8, 4) is 0 Å². The fraction of sp³-hybridized carbons (Fsp3) is 0.429. The summed E-state index contributed by atoms with van der Waals surface area (Å²) in [6, 6.07) is 6.07. The Kier molecular flexibility index (Phi) is 5.89. The van der Waals surface area contributed by atoms with Crippen molar-refractivity contribution in [1.29, 1.82) is 0 Å². The molecular weight excluding hydrogens is 445 g/mol. The van der Waals surface area contributed by atoms with Gasteiger partial charge in [-0.2, -0.15) is 13.2 Å². The van der Waals surface area contributed by atoms with Crippen molar-refractivity contribution in [1.82, 2.24) is 14.5 Å². The summed E-state index contributed by atoms with van der Waals surface area (Å²) < 4.78 is 64.2. The van der Waals surface area contributed by atoms with Crippen LogP contribution < -0.4 is 4.90 Å². The van der Waals surface area contributed by atoms with Gasteiger partial charge >= 0.3 is 6.18 Å². The second kappa shape index (κ2) is 8.36. The van der Waals surface area contributed by atoms with E-state index < -0.39 is 22.6 Å². The fourth-order valence-electron chi connectivity index (χ4n) is 4.43. The average Bonchev–Trinajstić information content (AvgIpc) is 3.08. The first kappa shape index (κ1) is 22.5. The minimum atomic E-state index is -4.56. The van der Waals surface area contributed by atoms with Gasteiger partial charge in [0.2, 0.25) is 5.95 Å². The molecule has 4 rings (SSSR count). The zero-order chi connectivity index (χ0) is 23.2. The van der Waals surface area contributed by atoms with Gasteiger partial charge in [0.25, 0.3) is 0 Å². The predicted molar refractivity (Wildman–Crippen MR) is 114 cm³/mol. The van der Waals surface area contributed by atoms with Gasteiger partial charge in [0.1, 0.15) is 16.4 Å². The average molecular weight is 469 g/mol. The monoisotopic (exact) mass is 468 g/mol. The Morgan fingerprint density at radius 1 is 1.19 bits per heavy atom. The van der Waals surface area contributed by atoms with Crippen LogP contribution >= 0.6 is 0 Å². The molecule has 2 aromatic heterocycles. The zero-order valence-corrected chi connectivity index (χ0v) is 18.4. The van der Waals surface area contributed by atoms with E-state index in [0.717, 1.165) is 28.9 Å². The number of aliphatic hydroxyl groups is 1. The third kappa shape index (κ3) is 4.06. The van der Waals surface area contributed by atoms with Crippen LogP contribution in [0.4, 0.5) is 19.1 Å². The molecule has 7 nitrogen and oxygen atoms in total. The van der Waals surface area contributed by atoms with Crippen LogP contribution in [-0.4, -0.2) is 34.6 Å². The molecule has 11 heteroatoms. The van der Waals surface area contributed by atoms with Crippen molar-refractivity contribution in [2.24, 2.45) is 5.92 Å². The van der Waals surface area contributed by atoms with Gasteiger partial charge in [-0.25, -0.2) is 18.4 Å². The molecule has 0 aliphatic carbocycles. The zero-order valence-electron chi connectivity index (χ0n) is 17.5. The molecule has 1 atom stereocenters. The van der Waals surface area contributed by atoms with Gasteiger partial charge in [0.05, 0.1) is 18.4 Å². The second-order valence-electron chi connectivity index (χ2n) is 8.17. The highest BCUT2D eigenvalue weighted by atomic mass is 32.2. The van der Waals surface area contributed by atoms with E-state index in [4.69, 9.17) is 0 Å². The fourth-order valence-corrected chi connectivity index (χ4v) is 5.00. The Morgan fingerprint density at radius 2 is 1.94 bits per heavy atom. The van der Waals surface area contributed by atoms with Crippen molar-refractivity contribution >= 4 is 27.6 Å². The number of thiol groups is 1. The highest BCUT2D eigenvalue weighted by Crippen LogP contribution is 2.39. The molecule has 0 fully saturated rings. The lowest BCUT2D eigenvalue weighted by molar-refractivity contribution is -0.141. The standard InChI is InChI=1S/C21H23F3N4O3S/c1-12(2)19-17-8-13-7-14(10-29)15(11-32(30)31)9-16(13)27(17)5-6-28(19)20-25-4-3-18(26-20)21(22,23)24/h3-4,7-9,12,19,29,32H,5-6,10-11H2,1-2H3/t19-/m1/s1. The predicted octanol–water partition coefficient (Wildman–Crippen LogP) is 3.27. The maximum Gasteiger partial charge on any atom is 0.433 e. The van der Waals surface area contributed by atoms with E-state index >= 15 is 0 Å². The second-order valence-corrected chi connectivity index (χ2v) is 9.15. The van der Waals surface area contributed by atoms with E-state index in [1.54, 1.807) is 17.0 Å². The molecule has 172 valence electrons. The molecule has 0 spiro atoms. The molecule has 1 aromatic carbocycles. The number of alkyl halides is 3. The molecule has 1 aliphatic rings. The van der Waals surface area contributed by atoms with Crippen molar-refractivity contribution in [3.63, 3.8) is 0 Å². The largest absolute Gasteiger partial charge is 0.433 e. The number of hydrogen-bond acceptors (Lipinski definition) is 6. The quantitative estimate of drug-likeness (QED) is 0.559. The first-order valence-corrected chi connectivity index (χ1v) is 11.5. The molecule has 0 unspecified atom stereocenters. The molecule has 0 bridgehead atoms. The number of halogens is 3. The van der Waals surface area contributed by atoms with Crippen LogP contribution in [0.5, 0.6) is 0 Å². The third-order valence-electron chi connectivity index (χ3n) is 5.75. The summed E-state index contributed by atoms with van der Waals surface area (Å²) in [5.41, 5.74) is 1.81. The number of anilines is 1. The number of aliphatic hydroxyl groups excluding tert-OH is 1. The molecular formula is C21H23F3N4O3S. The molecule has 1 aliphatic heterocycles. The summed E-state index contributed by atoms with van der Waals surface area (Å²) in [7, 11) is -2.66. The number of benzene rings is 1. The summed E-state index contributed by atoms with van der Waals surface area (Å²) >= 11 is 0. The Labute approximate surface area is 184 Å². The van der Waals surface area contributed by atoms with Gasteiger partial charge in [-0.3, -0.25) is 0 Å². The summed E-state index contributed by atoms with van der Waals surface area (Å²) in [6.07, 6.45) is -3.44. The van der Waals surface area contributed by atoms with Crippen molar-refractivity contribution in [3.05, 3.63) is 53.0 Å². The molecule has 1 N–H and O–H groups in total. The summed E-state index contributed by atoms with van der Waals surface area (Å²) in [6.45, 7) is 4.54. The van der Waals surface area contributed by atoms with Crippen LogP contribution in [0.2, 0.25) is 0 Å². The van der Waals surface area contributed by atoms with Gasteiger partial charge in [-0.15, -0.1) is 0 Å². The normalized spacial score (nSPS) is 16.9. The third-order valence-corrected chi connectivity index (χ3v) is 6.35. The number of rotatable bonds is 5. The van der Waals surface area contributed by atoms with Crippen molar-refractivity contribution in [2.75, 3.05) is 11.4 Å². The number of fused-ring (bicyclic) bond motifs is 3. The van der Waals surface area contributed by atoms with E-state index in [1.807, 2.05) is 19.9 Å². The minimum absolute atomic E-state index is 0.0233. The number of aromatic nitrogens is 3. The van der Waals surface area contributed by atoms with E-state index in [1.165, 1.54) is 0 Å². The molecule has 0 radical (unpaired) electrons. The summed E-state index contributed by atoms with van der Waals surface area (Å²) in [5.74, 6) is -0.112.